The van der Waals surface area contributed by atoms with Crippen molar-refractivity contribution in [2.45, 2.75) is 293 Å². The molecule has 2 saturated heterocycles. The molecule has 0 aromatic rings. The van der Waals surface area contributed by atoms with Gasteiger partial charge in [-0.3, -0.25) is 4.79 Å². The fraction of sp³-hybridized carbons (Fsp3) is 0.845. The molecule has 72 heavy (non-hydrogen) atoms. The summed E-state index contributed by atoms with van der Waals surface area (Å²) in [6, 6.07) is -0.935. The van der Waals surface area contributed by atoms with E-state index in [9.17, 15) is 45.6 Å². The zero-order valence-corrected chi connectivity index (χ0v) is 44.9. The third kappa shape index (κ3) is 29.9. The topological polar surface area (TPSA) is 228 Å². The molecule has 420 valence electrons. The number of rotatable bonds is 45. The van der Waals surface area contributed by atoms with Gasteiger partial charge < -0.3 is 65.1 Å². The highest BCUT2D eigenvalue weighted by Crippen LogP contribution is 2.30. The number of carbonyl (C=O) groups is 1. The maximum absolute atomic E-state index is 13.2. The summed E-state index contributed by atoms with van der Waals surface area (Å²) in [5, 5.41) is 86.6. The first-order valence-electron chi connectivity index (χ1n) is 28.8. The van der Waals surface area contributed by atoms with Gasteiger partial charge in [-0.05, 0) is 64.7 Å². The molecule has 0 radical (unpaired) electrons. The summed E-state index contributed by atoms with van der Waals surface area (Å²) in [5.74, 6) is -0.255. The molecular formula is C58H105NO13. The minimum atomic E-state index is -1.79. The molecule has 0 aliphatic carbocycles. The molecule has 0 aromatic heterocycles. The van der Waals surface area contributed by atoms with E-state index in [-0.39, 0.29) is 18.9 Å². The molecule has 2 fully saturated rings. The Kier molecular flexibility index (Phi) is 40.5. The van der Waals surface area contributed by atoms with Gasteiger partial charge in [0.15, 0.2) is 12.6 Å². The molecule has 14 nitrogen and oxygen atoms in total. The maximum Gasteiger partial charge on any atom is 0.220 e. The van der Waals surface area contributed by atoms with Gasteiger partial charge in [0.1, 0.15) is 48.8 Å². The van der Waals surface area contributed by atoms with Crippen LogP contribution in [0.25, 0.3) is 0 Å². The van der Waals surface area contributed by atoms with E-state index in [1.807, 2.05) is 19.1 Å². The van der Waals surface area contributed by atoms with Crippen LogP contribution >= 0.6 is 0 Å². The van der Waals surface area contributed by atoms with Crippen molar-refractivity contribution in [1.82, 2.24) is 5.32 Å². The van der Waals surface area contributed by atoms with Gasteiger partial charge in [-0.2, -0.15) is 0 Å². The number of unbranched alkanes of at least 4 members (excludes halogenated alkanes) is 27. The summed E-state index contributed by atoms with van der Waals surface area (Å²) in [6.45, 7) is 2.53. The second-order valence-electron chi connectivity index (χ2n) is 20.4. The second-order valence-corrected chi connectivity index (χ2v) is 20.4. The number of allylic oxidation sites excluding steroid dienone is 7. The van der Waals surface area contributed by atoms with Crippen LogP contribution in [0.3, 0.4) is 0 Å². The fourth-order valence-corrected chi connectivity index (χ4v) is 9.38. The van der Waals surface area contributed by atoms with E-state index < -0.39 is 86.8 Å². The van der Waals surface area contributed by atoms with Gasteiger partial charge in [-0.25, -0.2) is 0 Å². The van der Waals surface area contributed by atoms with Crippen LogP contribution in [-0.4, -0.2) is 140 Å². The fourth-order valence-electron chi connectivity index (χ4n) is 9.38. The van der Waals surface area contributed by atoms with E-state index in [0.717, 1.165) is 38.5 Å². The molecule has 0 spiro atoms. The van der Waals surface area contributed by atoms with Crippen LogP contribution in [0.2, 0.25) is 0 Å². The van der Waals surface area contributed by atoms with E-state index in [1.54, 1.807) is 6.08 Å². The predicted molar refractivity (Wildman–Crippen MR) is 286 cm³/mol. The lowest BCUT2D eigenvalue weighted by atomic mass is 9.97. The molecule has 14 heteroatoms. The monoisotopic (exact) mass is 1020 g/mol. The number of amides is 1. The van der Waals surface area contributed by atoms with Crippen molar-refractivity contribution in [2.24, 2.45) is 0 Å². The van der Waals surface area contributed by atoms with E-state index >= 15 is 0 Å². The predicted octanol–water partition coefficient (Wildman–Crippen LogP) is 9.22. The van der Waals surface area contributed by atoms with Gasteiger partial charge in [0.25, 0.3) is 0 Å². The van der Waals surface area contributed by atoms with Crippen LogP contribution in [0, 0.1) is 0 Å². The van der Waals surface area contributed by atoms with Crippen molar-refractivity contribution in [3.8, 4) is 0 Å². The Balaban J connectivity index is 1.64. The summed E-state index contributed by atoms with van der Waals surface area (Å²) in [7, 11) is 0. The van der Waals surface area contributed by atoms with Gasteiger partial charge in [0.2, 0.25) is 5.91 Å². The average molecular weight is 1020 g/mol. The van der Waals surface area contributed by atoms with Gasteiger partial charge in [-0.15, -0.1) is 0 Å². The summed E-state index contributed by atoms with van der Waals surface area (Å²) >= 11 is 0. The van der Waals surface area contributed by atoms with Crippen molar-refractivity contribution in [2.75, 3.05) is 19.8 Å². The molecule has 0 aromatic carbocycles. The Morgan fingerprint density at radius 2 is 0.944 bits per heavy atom. The summed E-state index contributed by atoms with van der Waals surface area (Å²) in [4.78, 5) is 13.2. The lowest BCUT2D eigenvalue weighted by molar-refractivity contribution is -0.359. The largest absolute Gasteiger partial charge is 0.394 e. The highest BCUT2D eigenvalue weighted by Gasteiger charge is 2.51. The molecule has 2 heterocycles. The SMILES string of the molecule is C/C=C/CC/C=C/CC/C=C/C(O)C(COC1OC(CO)C(OC2OC(CO)C(O)C(O)C2O)C(O)C1O)NC(=O)CCCCCCCCCCCCCCCCCCC/C=C\CCCCCCCCCC. The van der Waals surface area contributed by atoms with Crippen LogP contribution in [-0.2, 0) is 23.7 Å². The molecule has 12 unspecified atom stereocenters. The van der Waals surface area contributed by atoms with E-state index in [4.69, 9.17) is 18.9 Å². The van der Waals surface area contributed by atoms with Crippen LogP contribution in [0.15, 0.2) is 48.6 Å². The van der Waals surface area contributed by atoms with Crippen molar-refractivity contribution in [1.29, 1.82) is 0 Å². The van der Waals surface area contributed by atoms with E-state index in [0.29, 0.717) is 12.8 Å². The number of carbonyl (C=O) groups excluding carboxylic acids is 1. The van der Waals surface area contributed by atoms with Gasteiger partial charge >= 0.3 is 0 Å². The highest BCUT2D eigenvalue weighted by atomic mass is 16.7. The number of nitrogens with one attached hydrogen (secondary N) is 1. The first kappa shape index (κ1) is 66.1. The van der Waals surface area contributed by atoms with E-state index in [2.05, 4.69) is 42.6 Å². The molecule has 0 bridgehead atoms. The number of hydrogen-bond donors (Lipinski definition) is 9. The van der Waals surface area contributed by atoms with Gasteiger partial charge in [-0.1, -0.05) is 197 Å². The van der Waals surface area contributed by atoms with Crippen molar-refractivity contribution in [3.05, 3.63) is 48.6 Å². The first-order chi connectivity index (χ1) is 35.1. The standard InChI is InChI=1S/C58H105NO13/c1-3-5-7-9-11-13-14-15-16-17-18-19-20-21-22-23-24-25-26-27-28-29-30-31-32-34-36-38-40-42-50(63)59-46(47(62)41-39-37-35-33-12-10-8-6-4-2)45-69-57-55(68)53(66)56(49(44-61)71-57)72-58-54(67)52(65)51(64)48(43-60)70-58/h4,6,12,17-18,33,39,41,46-49,51-58,60-62,64-68H,3,5,7-11,13-16,19-32,34-38,40,42-45H2,1-2H3,(H,59,63)/b6-4+,18-17-,33-12+,41-39+. The third-order valence-corrected chi connectivity index (χ3v) is 14.1. The Morgan fingerprint density at radius 1 is 0.514 bits per heavy atom. The summed E-state index contributed by atoms with van der Waals surface area (Å²) in [5.41, 5.74) is 0. The third-order valence-electron chi connectivity index (χ3n) is 14.1. The summed E-state index contributed by atoms with van der Waals surface area (Å²) in [6.07, 6.45) is 37.9. The molecule has 2 aliphatic rings. The molecule has 1 amide bonds. The van der Waals surface area contributed by atoms with Crippen molar-refractivity contribution in [3.63, 3.8) is 0 Å². The van der Waals surface area contributed by atoms with Gasteiger partial charge in [0, 0.05) is 6.42 Å². The van der Waals surface area contributed by atoms with Crippen molar-refractivity contribution >= 4 is 5.91 Å². The number of aliphatic hydroxyl groups excluding tert-OH is 8. The Morgan fingerprint density at radius 3 is 1.44 bits per heavy atom. The molecule has 9 N–H and O–H groups in total. The zero-order chi connectivity index (χ0) is 52.4. The quantitative estimate of drug-likeness (QED) is 0.0205. The zero-order valence-electron chi connectivity index (χ0n) is 44.9. The molecule has 2 rings (SSSR count). The minimum Gasteiger partial charge on any atom is -0.394 e. The van der Waals surface area contributed by atoms with Crippen LogP contribution in [0.1, 0.15) is 219 Å². The summed E-state index contributed by atoms with van der Waals surface area (Å²) < 4.78 is 22.7. The average Bonchev–Trinajstić information content (AvgIpc) is 3.38. The Bertz CT molecular complexity index is 1390. The number of aliphatic hydroxyl groups is 8. The lowest BCUT2D eigenvalue weighted by Crippen LogP contribution is -2.65. The molecule has 2 aliphatic heterocycles. The van der Waals surface area contributed by atoms with E-state index in [1.165, 1.54) is 148 Å². The highest BCUT2D eigenvalue weighted by molar-refractivity contribution is 5.76. The van der Waals surface area contributed by atoms with Crippen molar-refractivity contribution < 1.29 is 64.6 Å². The smallest absolute Gasteiger partial charge is 0.220 e. The Hall–Kier alpha value is -2.05. The lowest BCUT2D eigenvalue weighted by Gasteiger charge is -2.46. The first-order valence-corrected chi connectivity index (χ1v) is 28.8. The maximum atomic E-state index is 13.2. The van der Waals surface area contributed by atoms with Crippen LogP contribution < -0.4 is 5.32 Å². The molecular weight excluding hydrogens is 919 g/mol. The van der Waals surface area contributed by atoms with Crippen LogP contribution in [0.5, 0.6) is 0 Å². The number of hydrogen-bond acceptors (Lipinski definition) is 13. The molecule has 12 atom stereocenters. The normalized spacial score (nSPS) is 25.9. The van der Waals surface area contributed by atoms with Crippen LogP contribution in [0.4, 0.5) is 0 Å². The number of ether oxygens (including phenoxy) is 4. The Labute approximate surface area is 435 Å². The molecule has 0 saturated carbocycles. The second kappa shape index (κ2) is 44.1. The van der Waals surface area contributed by atoms with Gasteiger partial charge in [0.05, 0.1) is 32.0 Å². The minimum absolute atomic E-state index is 0.255.